The van der Waals surface area contributed by atoms with Crippen LogP contribution in [0.3, 0.4) is 0 Å². The second-order valence-corrected chi connectivity index (χ2v) is 11.6. The first-order valence-electron chi connectivity index (χ1n) is 9.83. The lowest BCUT2D eigenvalue weighted by Gasteiger charge is -2.40. The van der Waals surface area contributed by atoms with E-state index in [0.717, 1.165) is 24.3 Å². The Balaban J connectivity index is 2.40. The maximum atomic E-state index is 13.6. The van der Waals surface area contributed by atoms with Gasteiger partial charge in [-0.15, -0.1) is 0 Å². The highest BCUT2D eigenvalue weighted by atomic mass is 32.2. The van der Waals surface area contributed by atoms with Crippen molar-refractivity contribution in [3.63, 3.8) is 0 Å². The minimum atomic E-state index is -4.75. The van der Waals surface area contributed by atoms with E-state index in [4.69, 9.17) is 5.14 Å². The lowest BCUT2D eigenvalue weighted by Crippen LogP contribution is -2.52. The van der Waals surface area contributed by atoms with E-state index in [1.54, 1.807) is 0 Å². The summed E-state index contributed by atoms with van der Waals surface area (Å²) < 4.78 is 78.6. The average Bonchev–Trinajstić information content (AvgIpc) is 2.76. The Labute approximate surface area is 205 Å². The molecule has 1 aliphatic heterocycles. The Bertz CT molecular complexity index is 1600. The van der Waals surface area contributed by atoms with Gasteiger partial charge >= 0.3 is 12.2 Å². The summed E-state index contributed by atoms with van der Waals surface area (Å²) in [7, 11) is -8.07. The van der Waals surface area contributed by atoms with Gasteiger partial charge in [-0.1, -0.05) is 12.1 Å². The summed E-state index contributed by atoms with van der Waals surface area (Å²) in [6, 6.07) is 7.85. The number of hydrogen-bond acceptors (Lipinski definition) is 6. The SMILES string of the molecule is C=S(N)(=O)c1cc(C#N)ccc1C1C(C#N)=C(C)N(c2cccc(C(F)(F)F)c2)C(=O)N1S(C)(=O)=O. The highest BCUT2D eigenvalue weighted by Gasteiger charge is 2.46. The first kappa shape index (κ1) is 26.7. The molecule has 188 valence electrons. The van der Waals surface area contributed by atoms with E-state index in [1.807, 2.05) is 12.1 Å². The fraction of sp³-hybridized carbons (Fsp3) is 0.182. The molecule has 2 aromatic rings. The fourth-order valence-corrected chi connectivity index (χ4v) is 5.67. The van der Waals surface area contributed by atoms with Crippen molar-refractivity contribution in [2.24, 2.45) is 5.14 Å². The van der Waals surface area contributed by atoms with Crippen LogP contribution >= 0.6 is 0 Å². The van der Waals surface area contributed by atoms with Crippen LogP contribution in [0.5, 0.6) is 0 Å². The van der Waals surface area contributed by atoms with Gasteiger partial charge in [0, 0.05) is 5.70 Å². The molecule has 0 saturated carbocycles. The molecule has 36 heavy (non-hydrogen) atoms. The molecule has 1 aliphatic rings. The smallest absolute Gasteiger partial charge is 0.265 e. The molecule has 2 atom stereocenters. The summed E-state index contributed by atoms with van der Waals surface area (Å²) in [5.41, 5.74) is -2.06. The molecule has 0 fully saturated rings. The Morgan fingerprint density at radius 3 is 2.22 bits per heavy atom. The van der Waals surface area contributed by atoms with Crippen molar-refractivity contribution >= 4 is 37.3 Å². The predicted octanol–water partition coefficient (Wildman–Crippen LogP) is 3.27. The molecule has 3 rings (SSSR count). The molecular formula is C22H18F3N5O4S2. The van der Waals surface area contributed by atoms with Crippen LogP contribution in [-0.4, -0.2) is 35.1 Å². The largest absolute Gasteiger partial charge is 0.416 e. The average molecular weight is 538 g/mol. The van der Waals surface area contributed by atoms with Gasteiger partial charge in [0.15, 0.2) is 0 Å². The van der Waals surface area contributed by atoms with Crippen molar-refractivity contribution in [2.45, 2.75) is 24.0 Å². The number of hydrogen-bond donors (Lipinski definition) is 1. The van der Waals surface area contributed by atoms with Crippen LogP contribution in [-0.2, 0) is 25.9 Å². The summed E-state index contributed by atoms with van der Waals surface area (Å²) in [4.78, 5) is 14.0. The van der Waals surface area contributed by atoms with Crippen molar-refractivity contribution in [1.29, 1.82) is 10.5 Å². The van der Waals surface area contributed by atoms with Crippen molar-refractivity contribution in [1.82, 2.24) is 4.31 Å². The number of nitriles is 2. The highest BCUT2D eigenvalue weighted by molar-refractivity contribution is 7.98. The number of halogens is 3. The molecule has 0 spiro atoms. The second kappa shape index (κ2) is 8.98. The van der Waals surface area contributed by atoms with Gasteiger partial charge in [-0.05, 0) is 48.7 Å². The number of alkyl halides is 3. The molecule has 0 aliphatic carbocycles. The van der Waals surface area contributed by atoms with Crippen LogP contribution in [0.15, 0.2) is 58.6 Å². The van der Waals surface area contributed by atoms with Crippen molar-refractivity contribution in [2.75, 3.05) is 11.2 Å². The Morgan fingerprint density at radius 2 is 1.72 bits per heavy atom. The molecule has 0 aromatic heterocycles. The standard InChI is InChI=1S/C22H18F3N5O4S2/c1-13-18(12-27)20(17-8-7-14(11-26)9-19(17)35(2,28)32)30(36(3,33)34)21(31)29(13)16-6-4-5-15(10-16)22(23,24)25/h4-10,20H,2H2,1,3H3,(H2,28,32). The molecule has 0 radical (unpaired) electrons. The number of benzene rings is 2. The number of allylic oxidation sites excluding steroid dienone is 1. The number of sulfonamides is 1. The molecule has 1 heterocycles. The minimum absolute atomic E-state index is 0.00779. The van der Waals surface area contributed by atoms with Gasteiger partial charge < -0.3 is 0 Å². The Kier molecular flexibility index (Phi) is 6.67. The van der Waals surface area contributed by atoms with Gasteiger partial charge in [0.1, 0.15) is 6.04 Å². The molecule has 2 unspecified atom stereocenters. The summed E-state index contributed by atoms with van der Waals surface area (Å²) >= 11 is 0. The van der Waals surface area contributed by atoms with E-state index >= 15 is 0 Å². The Hall–Kier alpha value is -3.85. The number of nitrogens with zero attached hydrogens (tertiary/aromatic N) is 4. The summed E-state index contributed by atoms with van der Waals surface area (Å²) in [6.07, 6.45) is -4.08. The number of urea groups is 1. The normalized spacial score (nSPS) is 18.4. The number of nitrogens with two attached hydrogens (primary N) is 1. The number of carbonyl (C=O) groups is 1. The third kappa shape index (κ3) is 4.79. The number of carbonyl (C=O) groups excluding carboxylic acids is 1. The molecule has 2 N–H and O–H groups in total. The van der Waals surface area contributed by atoms with Crippen LogP contribution < -0.4 is 10.0 Å². The minimum Gasteiger partial charge on any atom is -0.265 e. The summed E-state index contributed by atoms with van der Waals surface area (Å²) in [5.74, 6) is 3.37. The molecule has 0 bridgehead atoms. The lowest BCUT2D eigenvalue weighted by molar-refractivity contribution is -0.137. The third-order valence-corrected chi connectivity index (χ3v) is 7.51. The molecule has 14 heteroatoms. The van der Waals surface area contributed by atoms with E-state index in [9.17, 15) is 41.1 Å². The first-order valence-corrected chi connectivity index (χ1v) is 13.5. The molecular weight excluding hydrogens is 519 g/mol. The van der Waals surface area contributed by atoms with Crippen LogP contribution in [0, 0.1) is 22.7 Å². The zero-order valence-corrected chi connectivity index (χ0v) is 20.4. The first-order chi connectivity index (χ1) is 16.5. The van der Waals surface area contributed by atoms with Crippen LogP contribution in [0.2, 0.25) is 0 Å². The Morgan fingerprint density at radius 1 is 1.08 bits per heavy atom. The molecule has 0 saturated heterocycles. The monoisotopic (exact) mass is 537 g/mol. The van der Waals surface area contributed by atoms with E-state index in [0.29, 0.717) is 21.5 Å². The van der Waals surface area contributed by atoms with E-state index in [-0.39, 0.29) is 33.0 Å². The van der Waals surface area contributed by atoms with Crippen molar-refractivity contribution in [3.05, 3.63) is 70.4 Å². The zero-order valence-electron chi connectivity index (χ0n) is 18.8. The van der Waals surface area contributed by atoms with E-state index < -0.39 is 43.5 Å². The molecule has 2 aromatic carbocycles. The lowest BCUT2D eigenvalue weighted by atomic mass is 9.94. The number of amides is 2. The van der Waals surface area contributed by atoms with Crippen LogP contribution in [0.25, 0.3) is 0 Å². The quantitative estimate of drug-likeness (QED) is 0.592. The highest BCUT2D eigenvalue weighted by Crippen LogP contribution is 2.43. The molecule has 9 nitrogen and oxygen atoms in total. The number of anilines is 1. The van der Waals surface area contributed by atoms with Crippen LogP contribution in [0.4, 0.5) is 23.7 Å². The fourth-order valence-electron chi connectivity index (χ4n) is 3.80. The maximum absolute atomic E-state index is 13.6. The molecule has 2 amide bonds. The zero-order chi connectivity index (χ0) is 27.2. The van der Waals surface area contributed by atoms with Gasteiger partial charge in [-0.25, -0.2) is 21.7 Å². The maximum Gasteiger partial charge on any atom is 0.416 e. The van der Waals surface area contributed by atoms with Gasteiger partial charge in [-0.2, -0.15) is 23.7 Å². The van der Waals surface area contributed by atoms with Crippen molar-refractivity contribution < 1.29 is 30.6 Å². The van der Waals surface area contributed by atoms with Crippen molar-refractivity contribution in [3.8, 4) is 12.1 Å². The van der Waals surface area contributed by atoms with Gasteiger partial charge in [0.2, 0.25) is 10.0 Å². The topological polar surface area (TPSA) is 148 Å². The van der Waals surface area contributed by atoms with E-state index in [1.165, 1.54) is 19.1 Å². The van der Waals surface area contributed by atoms with E-state index in [2.05, 4.69) is 5.87 Å². The van der Waals surface area contributed by atoms with Gasteiger partial charge in [0.25, 0.3) is 0 Å². The van der Waals surface area contributed by atoms with Gasteiger partial charge in [-0.3, -0.25) is 10.0 Å². The van der Waals surface area contributed by atoms with Crippen LogP contribution in [0.1, 0.15) is 29.7 Å². The predicted molar refractivity (Wildman–Crippen MR) is 126 cm³/mol. The van der Waals surface area contributed by atoms with Gasteiger partial charge in [0.05, 0.1) is 55.4 Å². The number of rotatable bonds is 4. The second-order valence-electron chi connectivity index (χ2n) is 7.83. The summed E-state index contributed by atoms with van der Waals surface area (Å²) in [5, 5.41) is 24.9. The third-order valence-electron chi connectivity index (χ3n) is 5.33. The summed E-state index contributed by atoms with van der Waals surface area (Å²) in [6.45, 7) is 1.26.